The van der Waals surface area contributed by atoms with Gasteiger partial charge in [0.15, 0.2) is 0 Å². The Morgan fingerprint density at radius 3 is 1.33 bits per heavy atom. The van der Waals surface area contributed by atoms with Crippen molar-refractivity contribution >= 4 is 40.8 Å². The van der Waals surface area contributed by atoms with Gasteiger partial charge in [-0.1, -0.05) is 60.7 Å². The first-order valence-electron chi connectivity index (χ1n) is 7.81. The molecule has 3 aromatic carbocycles. The minimum absolute atomic E-state index is 0.0810. The fourth-order valence-corrected chi connectivity index (χ4v) is 2.14. The second-order valence-electron chi connectivity index (χ2n) is 5.15. The summed E-state index contributed by atoms with van der Waals surface area (Å²) in [5, 5.41) is 23.4. The van der Waals surface area contributed by atoms with Crippen LogP contribution in [0.5, 0.6) is 11.5 Å². The summed E-state index contributed by atoms with van der Waals surface area (Å²) in [6, 6.07) is 20.7. The summed E-state index contributed by atoms with van der Waals surface area (Å²) < 4.78 is 0. The van der Waals surface area contributed by atoms with Gasteiger partial charge in [0.25, 0.3) is 0 Å². The van der Waals surface area contributed by atoms with E-state index < -0.39 is 20.8 Å². The van der Waals surface area contributed by atoms with Crippen molar-refractivity contribution in [3.05, 3.63) is 83.9 Å². The largest absolute Gasteiger partial charge is 0.872 e. The standard InChI is InChI=1S/C20H16N2O2.2ClH.Zr/c23-19-11-5-1-7-15(19)13-21-17-9-3-4-10-18(17)22-14-16-8-2-6-12-20(16)24;;;/h1-14,23-24H;2*1H;/q;;;+4/p-4. The Bertz CT molecular complexity index is 859. The Balaban J connectivity index is 0.000000817. The third-order valence-corrected chi connectivity index (χ3v) is 3.41. The summed E-state index contributed by atoms with van der Waals surface area (Å²) in [5.74, 6) is -0.162. The van der Waals surface area contributed by atoms with Crippen LogP contribution >= 0.6 is 17.0 Å². The molecule has 3 rings (SSSR count). The molecule has 0 aromatic heterocycles. The van der Waals surface area contributed by atoms with E-state index in [4.69, 9.17) is 17.0 Å². The molecule has 7 heteroatoms. The molecule has 134 valence electrons. The van der Waals surface area contributed by atoms with Crippen LogP contribution in [0.25, 0.3) is 0 Å². The van der Waals surface area contributed by atoms with Crippen LogP contribution in [-0.2, 0) is 20.8 Å². The molecular formula is C20H14Cl2N2O2Zr. The number of hydrogen-bond acceptors (Lipinski definition) is 4. The van der Waals surface area contributed by atoms with Crippen LogP contribution in [0, 0.1) is 0 Å². The number of para-hydroxylation sites is 4. The topological polar surface area (TPSA) is 70.8 Å². The summed E-state index contributed by atoms with van der Waals surface area (Å²) in [7, 11) is 9.87. The maximum atomic E-state index is 11.7. The molecule has 0 unspecified atom stereocenters. The summed E-state index contributed by atoms with van der Waals surface area (Å²) in [4.78, 5) is 8.71. The molecule has 0 saturated heterocycles. The normalized spacial score (nSPS) is 10.4. The zero-order valence-corrected chi connectivity index (χ0v) is 18.0. The van der Waals surface area contributed by atoms with Crippen LogP contribution in [0.15, 0.2) is 82.8 Å². The molecule has 0 radical (unpaired) electrons. The van der Waals surface area contributed by atoms with Crippen molar-refractivity contribution < 1.29 is 31.1 Å². The Labute approximate surface area is 176 Å². The predicted molar refractivity (Wildman–Crippen MR) is 104 cm³/mol. The maximum Gasteiger partial charge on any atom is 0.0886 e. The van der Waals surface area contributed by atoms with Crippen LogP contribution in [0.1, 0.15) is 11.1 Å². The number of nitrogens with zero attached hydrogens (tertiary/aromatic N) is 2. The number of halogens is 2. The van der Waals surface area contributed by atoms with Crippen molar-refractivity contribution in [2.45, 2.75) is 0 Å². The van der Waals surface area contributed by atoms with Crippen molar-refractivity contribution in [2.24, 2.45) is 9.98 Å². The van der Waals surface area contributed by atoms with Crippen molar-refractivity contribution in [3.8, 4) is 11.5 Å². The van der Waals surface area contributed by atoms with Crippen LogP contribution in [0.2, 0.25) is 0 Å². The van der Waals surface area contributed by atoms with Gasteiger partial charge in [0.05, 0.1) is 11.4 Å². The van der Waals surface area contributed by atoms with E-state index in [2.05, 4.69) is 9.98 Å². The zero-order valence-electron chi connectivity index (χ0n) is 14.0. The molecule has 4 nitrogen and oxygen atoms in total. The van der Waals surface area contributed by atoms with Crippen LogP contribution in [-0.4, -0.2) is 12.4 Å². The molecule has 0 spiro atoms. The Morgan fingerprint density at radius 2 is 0.963 bits per heavy atom. The molecule has 0 bridgehead atoms. The molecule has 0 aliphatic rings. The number of aliphatic imine (C=N–C) groups is 2. The molecule has 3 aromatic rings. The Hall–Kier alpha value is -1.94. The van der Waals surface area contributed by atoms with Gasteiger partial charge in [0, 0.05) is 12.4 Å². The van der Waals surface area contributed by atoms with E-state index in [1.165, 1.54) is 24.6 Å². The van der Waals surface area contributed by atoms with Crippen molar-refractivity contribution in [1.29, 1.82) is 0 Å². The van der Waals surface area contributed by atoms with Gasteiger partial charge in [-0.3, -0.25) is 9.98 Å². The first-order chi connectivity index (χ1) is 13.2. The molecular weight excluding hydrogens is 462 g/mol. The fourth-order valence-electron chi connectivity index (χ4n) is 2.14. The van der Waals surface area contributed by atoms with Gasteiger partial charge in [-0.05, 0) is 23.3 Å². The molecule has 0 saturated carbocycles. The van der Waals surface area contributed by atoms with Gasteiger partial charge in [-0.25, -0.2) is 0 Å². The SMILES string of the molecule is [Cl][Zr+2][Cl].[O-]c1ccccc1C=Nc1ccccc1N=Cc1ccccc1[O-]. The van der Waals surface area contributed by atoms with Crippen molar-refractivity contribution in [2.75, 3.05) is 0 Å². The monoisotopic (exact) mass is 474 g/mol. The van der Waals surface area contributed by atoms with Gasteiger partial charge < -0.3 is 10.2 Å². The van der Waals surface area contributed by atoms with E-state index in [9.17, 15) is 10.2 Å². The molecule has 0 amide bonds. The number of hydrogen-bond donors (Lipinski definition) is 0. The summed E-state index contributed by atoms with van der Waals surface area (Å²) in [6.07, 6.45) is 3.05. The van der Waals surface area contributed by atoms with Gasteiger partial charge in [-0.2, -0.15) is 0 Å². The maximum absolute atomic E-state index is 11.7. The molecule has 27 heavy (non-hydrogen) atoms. The van der Waals surface area contributed by atoms with Gasteiger partial charge >= 0.3 is 37.9 Å². The summed E-state index contributed by atoms with van der Waals surface area (Å²) >= 11 is -0.826. The van der Waals surface area contributed by atoms with E-state index in [0.717, 1.165) is 0 Å². The zero-order chi connectivity index (χ0) is 19.5. The van der Waals surface area contributed by atoms with Crippen LogP contribution in [0.4, 0.5) is 11.4 Å². The third-order valence-electron chi connectivity index (χ3n) is 3.41. The molecule has 0 heterocycles. The smallest absolute Gasteiger partial charge is 0.0886 e. The average molecular weight is 476 g/mol. The first kappa shape index (κ1) is 21.4. The van der Waals surface area contributed by atoms with E-state index in [0.29, 0.717) is 22.5 Å². The second kappa shape index (κ2) is 11.7. The third kappa shape index (κ3) is 6.95. The molecule has 0 aliphatic carbocycles. The van der Waals surface area contributed by atoms with Gasteiger partial charge in [0.1, 0.15) is 0 Å². The minimum atomic E-state index is -0.826. The predicted octanol–water partition coefficient (Wildman–Crippen LogP) is 4.71. The van der Waals surface area contributed by atoms with Gasteiger partial charge in [0.2, 0.25) is 0 Å². The average Bonchev–Trinajstić information content (AvgIpc) is 2.68. The van der Waals surface area contributed by atoms with Crippen LogP contribution < -0.4 is 10.2 Å². The Morgan fingerprint density at radius 1 is 0.630 bits per heavy atom. The first-order valence-corrected chi connectivity index (χ1v) is 14.1. The molecule has 0 aliphatic heterocycles. The van der Waals surface area contributed by atoms with E-state index >= 15 is 0 Å². The summed E-state index contributed by atoms with van der Waals surface area (Å²) in [5.41, 5.74) is 2.28. The number of benzene rings is 3. The molecule has 0 fully saturated rings. The Kier molecular flexibility index (Phi) is 9.26. The summed E-state index contributed by atoms with van der Waals surface area (Å²) in [6.45, 7) is 0. The van der Waals surface area contributed by atoms with Crippen LogP contribution in [0.3, 0.4) is 0 Å². The van der Waals surface area contributed by atoms with Gasteiger partial charge in [-0.15, -0.1) is 11.5 Å². The number of rotatable bonds is 4. The van der Waals surface area contributed by atoms with E-state index in [1.54, 1.807) is 48.5 Å². The van der Waals surface area contributed by atoms with Crippen molar-refractivity contribution in [1.82, 2.24) is 0 Å². The molecule has 0 atom stereocenters. The van der Waals surface area contributed by atoms with E-state index in [1.807, 2.05) is 12.1 Å². The van der Waals surface area contributed by atoms with E-state index in [-0.39, 0.29) is 11.5 Å². The van der Waals surface area contributed by atoms with Crippen molar-refractivity contribution in [3.63, 3.8) is 0 Å². The quantitative estimate of drug-likeness (QED) is 0.512. The molecule has 0 N–H and O–H groups in total. The second-order valence-corrected chi connectivity index (χ2v) is 8.88. The fraction of sp³-hybridized carbons (Fsp3) is 0. The minimum Gasteiger partial charge on any atom is -0.872 e.